The van der Waals surface area contributed by atoms with Crippen LogP contribution in [-0.2, 0) is 4.74 Å². The van der Waals surface area contributed by atoms with Crippen molar-refractivity contribution >= 4 is 18.5 Å². The molecule has 0 aromatic heterocycles. The number of halogens is 1. The molecular weight excluding hydrogens is 312 g/mol. The Hall–Kier alpha value is -2.04. The van der Waals surface area contributed by atoms with E-state index in [0.29, 0.717) is 13.2 Å². The van der Waals surface area contributed by atoms with Gasteiger partial charge in [-0.3, -0.25) is 0 Å². The first kappa shape index (κ1) is 17.3. The smallest absolute Gasteiger partial charge is 0.407 e. The minimum Gasteiger partial charge on any atom is -0.449 e. The Bertz CT molecular complexity index is 643. The molecule has 1 atom stereocenters. The van der Waals surface area contributed by atoms with Crippen LogP contribution in [-0.4, -0.2) is 25.3 Å². The van der Waals surface area contributed by atoms with Crippen LogP contribution in [0.4, 0.5) is 4.79 Å². The molecule has 0 bridgehead atoms. The largest absolute Gasteiger partial charge is 0.449 e. The average Bonchev–Trinajstić information content (AvgIpc) is 2.85. The number of hydrogen-bond donors (Lipinski definition) is 2. The summed E-state index contributed by atoms with van der Waals surface area (Å²) in [6, 6.07) is 16.5. The van der Waals surface area contributed by atoms with Gasteiger partial charge in [-0.2, -0.15) is 0 Å². The van der Waals surface area contributed by atoms with Crippen LogP contribution in [0.5, 0.6) is 0 Å². The molecule has 0 saturated carbocycles. The lowest BCUT2D eigenvalue weighted by Gasteiger charge is -2.15. The molecule has 1 aliphatic rings. The molecular formula is C18H21ClN2O2. The molecule has 2 aromatic rings. The van der Waals surface area contributed by atoms with Gasteiger partial charge in [0.05, 0.1) is 0 Å². The van der Waals surface area contributed by atoms with Crippen molar-refractivity contribution in [2.75, 3.05) is 13.2 Å². The number of carbonyl (C=O) groups is 1. The van der Waals surface area contributed by atoms with Gasteiger partial charge >= 0.3 is 6.09 Å². The van der Waals surface area contributed by atoms with E-state index in [1.165, 1.54) is 22.3 Å². The molecule has 1 amide bonds. The van der Waals surface area contributed by atoms with Crippen LogP contribution >= 0.6 is 12.4 Å². The maximum absolute atomic E-state index is 11.7. The third-order valence-electron chi connectivity index (χ3n) is 3.91. The summed E-state index contributed by atoms with van der Waals surface area (Å²) >= 11 is 0. The summed E-state index contributed by atoms with van der Waals surface area (Å²) in [6.07, 6.45) is -0.417. The average molecular weight is 333 g/mol. The van der Waals surface area contributed by atoms with Crippen LogP contribution in [0.25, 0.3) is 11.1 Å². The topological polar surface area (TPSA) is 64.3 Å². The van der Waals surface area contributed by atoms with Crippen molar-refractivity contribution in [3.8, 4) is 11.1 Å². The van der Waals surface area contributed by atoms with E-state index in [2.05, 4.69) is 29.6 Å². The van der Waals surface area contributed by atoms with Crippen molar-refractivity contribution in [3.05, 3.63) is 59.7 Å². The monoisotopic (exact) mass is 332 g/mol. The van der Waals surface area contributed by atoms with Crippen LogP contribution < -0.4 is 11.1 Å². The lowest BCUT2D eigenvalue weighted by atomic mass is 9.98. The van der Waals surface area contributed by atoms with Gasteiger partial charge in [-0.05, 0) is 29.2 Å². The zero-order valence-corrected chi connectivity index (χ0v) is 13.8. The Morgan fingerprint density at radius 3 is 2.17 bits per heavy atom. The number of carbonyl (C=O) groups excluding carboxylic acids is 1. The third-order valence-corrected chi connectivity index (χ3v) is 3.91. The molecule has 0 unspecified atom stereocenters. The zero-order chi connectivity index (χ0) is 15.5. The van der Waals surface area contributed by atoms with Crippen molar-refractivity contribution in [2.24, 2.45) is 5.73 Å². The van der Waals surface area contributed by atoms with E-state index in [9.17, 15) is 4.79 Å². The highest BCUT2D eigenvalue weighted by Crippen LogP contribution is 2.44. The predicted molar refractivity (Wildman–Crippen MR) is 94.0 cm³/mol. The normalized spacial score (nSPS) is 13.5. The molecule has 0 radical (unpaired) electrons. The quantitative estimate of drug-likeness (QED) is 0.903. The van der Waals surface area contributed by atoms with Crippen molar-refractivity contribution in [3.63, 3.8) is 0 Å². The summed E-state index contributed by atoms with van der Waals surface area (Å²) in [7, 11) is 0. The minimum atomic E-state index is -0.417. The zero-order valence-electron chi connectivity index (χ0n) is 13.0. The number of nitrogens with one attached hydrogen (secondary N) is 1. The van der Waals surface area contributed by atoms with Gasteiger partial charge in [-0.1, -0.05) is 48.5 Å². The highest BCUT2D eigenvalue weighted by Gasteiger charge is 2.28. The van der Waals surface area contributed by atoms with Gasteiger partial charge in [0.1, 0.15) is 6.61 Å². The Balaban J connectivity index is 0.00000192. The summed E-state index contributed by atoms with van der Waals surface area (Å²) < 4.78 is 5.38. The fraction of sp³-hybridized carbons (Fsp3) is 0.278. The molecule has 0 spiro atoms. The minimum absolute atomic E-state index is 0. The molecule has 2 aromatic carbocycles. The van der Waals surface area contributed by atoms with Crippen molar-refractivity contribution in [1.82, 2.24) is 5.32 Å². The van der Waals surface area contributed by atoms with E-state index < -0.39 is 6.09 Å². The van der Waals surface area contributed by atoms with Gasteiger partial charge in [0.2, 0.25) is 0 Å². The Kier molecular flexibility index (Phi) is 5.64. The van der Waals surface area contributed by atoms with Crippen molar-refractivity contribution < 1.29 is 9.53 Å². The van der Waals surface area contributed by atoms with E-state index in [1.807, 2.05) is 31.2 Å². The SMILES string of the molecule is C[C@@H](N)CNC(=O)OCC1c2ccccc2-c2ccccc21.Cl. The Labute approximate surface area is 142 Å². The molecule has 122 valence electrons. The molecule has 0 heterocycles. The number of benzene rings is 2. The van der Waals surface area contributed by atoms with Crippen LogP contribution in [0.15, 0.2) is 48.5 Å². The first-order chi connectivity index (χ1) is 10.7. The molecule has 1 aliphatic carbocycles. The molecule has 5 heteroatoms. The van der Waals surface area contributed by atoms with Crippen LogP contribution in [0, 0.1) is 0 Å². The Morgan fingerprint density at radius 1 is 1.13 bits per heavy atom. The van der Waals surface area contributed by atoms with E-state index >= 15 is 0 Å². The highest BCUT2D eigenvalue weighted by atomic mass is 35.5. The van der Waals surface area contributed by atoms with E-state index in [4.69, 9.17) is 10.5 Å². The molecule has 0 fully saturated rings. The third kappa shape index (κ3) is 3.66. The van der Waals surface area contributed by atoms with Crippen LogP contribution in [0.1, 0.15) is 24.0 Å². The van der Waals surface area contributed by atoms with E-state index in [0.717, 1.165) is 0 Å². The highest BCUT2D eigenvalue weighted by molar-refractivity contribution is 5.85. The van der Waals surface area contributed by atoms with Gasteiger partial charge in [0, 0.05) is 18.5 Å². The summed E-state index contributed by atoms with van der Waals surface area (Å²) in [5, 5.41) is 2.67. The van der Waals surface area contributed by atoms with E-state index in [-0.39, 0.29) is 24.4 Å². The first-order valence-electron chi connectivity index (χ1n) is 7.51. The second-order valence-electron chi connectivity index (χ2n) is 5.68. The van der Waals surface area contributed by atoms with Gasteiger partial charge < -0.3 is 15.8 Å². The van der Waals surface area contributed by atoms with Gasteiger partial charge in [0.25, 0.3) is 0 Å². The number of hydrogen-bond acceptors (Lipinski definition) is 3. The maximum atomic E-state index is 11.7. The van der Waals surface area contributed by atoms with Crippen molar-refractivity contribution in [2.45, 2.75) is 18.9 Å². The number of nitrogens with two attached hydrogens (primary N) is 1. The Morgan fingerprint density at radius 2 is 1.65 bits per heavy atom. The fourth-order valence-corrected chi connectivity index (χ4v) is 2.89. The second-order valence-corrected chi connectivity index (χ2v) is 5.68. The fourth-order valence-electron chi connectivity index (χ4n) is 2.89. The van der Waals surface area contributed by atoms with Crippen LogP contribution in [0.2, 0.25) is 0 Å². The maximum Gasteiger partial charge on any atom is 0.407 e. The van der Waals surface area contributed by atoms with Gasteiger partial charge in [0.15, 0.2) is 0 Å². The summed E-state index contributed by atoms with van der Waals surface area (Å²) in [5.41, 5.74) is 10.5. The van der Waals surface area contributed by atoms with Gasteiger partial charge in [-0.25, -0.2) is 4.79 Å². The number of fused-ring (bicyclic) bond motifs is 3. The molecule has 3 rings (SSSR count). The lowest BCUT2D eigenvalue weighted by molar-refractivity contribution is 0.142. The van der Waals surface area contributed by atoms with Crippen LogP contribution in [0.3, 0.4) is 0 Å². The number of alkyl carbamates (subject to hydrolysis) is 1. The molecule has 4 nitrogen and oxygen atoms in total. The molecule has 23 heavy (non-hydrogen) atoms. The molecule has 3 N–H and O–H groups in total. The summed E-state index contributed by atoms with van der Waals surface area (Å²) in [6.45, 7) is 2.58. The first-order valence-corrected chi connectivity index (χ1v) is 7.51. The lowest BCUT2D eigenvalue weighted by Crippen LogP contribution is -2.36. The van der Waals surface area contributed by atoms with Crippen molar-refractivity contribution in [1.29, 1.82) is 0 Å². The van der Waals surface area contributed by atoms with E-state index in [1.54, 1.807) is 0 Å². The molecule has 0 aliphatic heterocycles. The standard InChI is InChI=1S/C18H20N2O2.ClH/c1-12(19)10-20-18(21)22-11-17-15-8-4-2-6-13(15)14-7-3-5-9-16(14)17;/h2-9,12,17H,10-11,19H2,1H3,(H,20,21);1H/t12-;/m1./s1. The van der Waals surface area contributed by atoms with Gasteiger partial charge in [-0.15, -0.1) is 12.4 Å². The number of amides is 1. The molecule has 0 saturated heterocycles. The number of rotatable bonds is 4. The predicted octanol–water partition coefficient (Wildman–Crippen LogP) is 3.29. The summed E-state index contributed by atoms with van der Waals surface area (Å²) in [4.78, 5) is 11.7. The summed E-state index contributed by atoms with van der Waals surface area (Å²) in [5.74, 6) is 0.0912. The second kappa shape index (κ2) is 7.49. The number of ether oxygens (including phenoxy) is 1.